The largest absolute Gasteiger partial charge is 0.365 e. The van der Waals surface area contributed by atoms with Gasteiger partial charge in [-0.3, -0.25) is 9.59 Å². The summed E-state index contributed by atoms with van der Waals surface area (Å²) in [5.74, 6) is -3.98. The van der Waals surface area contributed by atoms with Crippen LogP contribution in [0.1, 0.15) is 10.4 Å². The number of benzene rings is 2. The van der Waals surface area contributed by atoms with E-state index >= 15 is 0 Å². The molecule has 0 aliphatic carbocycles. The predicted octanol–water partition coefficient (Wildman–Crippen LogP) is 3.38. The molecule has 0 bridgehead atoms. The van der Waals surface area contributed by atoms with Crippen LogP contribution in [0.4, 0.5) is 8.78 Å². The van der Waals surface area contributed by atoms with E-state index in [1.807, 2.05) is 0 Å². The molecule has 2 N–H and O–H groups in total. The molecule has 0 fully saturated rings. The monoisotopic (exact) mass is 356 g/mol. The molecule has 2 aromatic carbocycles. The van der Waals surface area contributed by atoms with Gasteiger partial charge in [0.05, 0.1) is 16.4 Å². The molecule has 4 nitrogen and oxygen atoms in total. The molecule has 3 rings (SSSR count). The van der Waals surface area contributed by atoms with Gasteiger partial charge in [0.15, 0.2) is 17.1 Å². The standard InChI is InChI=1S/C15H8Cl2F2N2O2/c1-21-7-3-2-5(16)4-6(7)14(22)9-11(18)8(15(20)23)12(19)10(17)13(9)21/h2-4H,1H3,(H2,20,23). The minimum atomic E-state index is -1.35. The normalized spacial score (nSPS) is 11.3. The lowest BCUT2D eigenvalue weighted by atomic mass is 10.0. The first-order chi connectivity index (χ1) is 10.8. The summed E-state index contributed by atoms with van der Waals surface area (Å²) in [5.41, 5.74) is 3.43. The zero-order chi connectivity index (χ0) is 17.0. The molecule has 0 aliphatic rings. The van der Waals surface area contributed by atoms with E-state index in [-0.39, 0.29) is 15.9 Å². The number of hydrogen-bond acceptors (Lipinski definition) is 2. The SMILES string of the molecule is Cn1c2ccc(Cl)cc2c(=O)c2c(F)c(C(N)=O)c(F)c(Cl)c21. The fourth-order valence-electron chi connectivity index (χ4n) is 2.62. The van der Waals surface area contributed by atoms with Crippen LogP contribution in [0.15, 0.2) is 23.0 Å². The molecular weight excluding hydrogens is 349 g/mol. The van der Waals surface area contributed by atoms with Crippen molar-refractivity contribution in [2.24, 2.45) is 12.8 Å². The number of fused-ring (bicyclic) bond motifs is 2. The van der Waals surface area contributed by atoms with Gasteiger partial charge in [0, 0.05) is 17.5 Å². The molecule has 1 aromatic heterocycles. The number of amides is 1. The van der Waals surface area contributed by atoms with Gasteiger partial charge in [0.1, 0.15) is 10.6 Å². The van der Waals surface area contributed by atoms with E-state index in [9.17, 15) is 18.4 Å². The third-order valence-corrected chi connectivity index (χ3v) is 4.25. The second kappa shape index (κ2) is 5.18. The molecule has 0 atom stereocenters. The van der Waals surface area contributed by atoms with Crippen LogP contribution in [-0.2, 0) is 7.05 Å². The van der Waals surface area contributed by atoms with Gasteiger partial charge >= 0.3 is 0 Å². The average molecular weight is 357 g/mol. The number of nitrogens with two attached hydrogens (primary N) is 1. The third-order valence-electron chi connectivity index (χ3n) is 3.67. The number of halogens is 4. The van der Waals surface area contributed by atoms with Crippen LogP contribution in [-0.4, -0.2) is 10.5 Å². The number of primary amides is 1. The Kier molecular flexibility index (Phi) is 3.54. The molecular formula is C15H8Cl2F2N2O2. The van der Waals surface area contributed by atoms with Crippen molar-refractivity contribution in [2.75, 3.05) is 0 Å². The van der Waals surface area contributed by atoms with E-state index in [4.69, 9.17) is 28.9 Å². The summed E-state index contributed by atoms with van der Waals surface area (Å²) in [5, 5.41) is -0.670. The summed E-state index contributed by atoms with van der Waals surface area (Å²) in [4.78, 5) is 23.9. The van der Waals surface area contributed by atoms with Crippen molar-refractivity contribution in [1.29, 1.82) is 0 Å². The number of aryl methyl sites for hydroxylation is 1. The molecule has 0 radical (unpaired) electrons. The predicted molar refractivity (Wildman–Crippen MR) is 85.1 cm³/mol. The molecule has 1 heterocycles. The maximum Gasteiger partial charge on any atom is 0.254 e. The summed E-state index contributed by atoms with van der Waals surface area (Å²) in [6.07, 6.45) is 0. The first-order valence-corrected chi connectivity index (χ1v) is 7.09. The third kappa shape index (κ3) is 2.09. The van der Waals surface area contributed by atoms with Gasteiger partial charge in [0.2, 0.25) is 0 Å². The van der Waals surface area contributed by atoms with E-state index in [1.54, 1.807) is 0 Å². The summed E-state index contributed by atoms with van der Waals surface area (Å²) >= 11 is 11.8. The average Bonchev–Trinajstić information content (AvgIpc) is 2.48. The van der Waals surface area contributed by atoms with Crippen molar-refractivity contribution in [3.63, 3.8) is 0 Å². The molecule has 0 spiro atoms. The highest BCUT2D eigenvalue weighted by Gasteiger charge is 2.26. The topological polar surface area (TPSA) is 65.1 Å². The minimum Gasteiger partial charge on any atom is -0.365 e. The Morgan fingerprint density at radius 3 is 2.48 bits per heavy atom. The van der Waals surface area contributed by atoms with E-state index < -0.39 is 38.9 Å². The molecule has 0 aliphatic heterocycles. The smallest absolute Gasteiger partial charge is 0.254 e. The molecule has 118 valence electrons. The van der Waals surface area contributed by atoms with E-state index in [2.05, 4.69) is 0 Å². The fourth-order valence-corrected chi connectivity index (χ4v) is 3.11. The second-order valence-corrected chi connectivity index (χ2v) is 5.77. The number of carbonyl (C=O) groups is 1. The Morgan fingerprint density at radius 2 is 1.87 bits per heavy atom. The Morgan fingerprint density at radius 1 is 1.22 bits per heavy atom. The maximum absolute atomic E-state index is 14.6. The van der Waals surface area contributed by atoms with Crippen LogP contribution in [0.3, 0.4) is 0 Å². The summed E-state index contributed by atoms with van der Waals surface area (Å²) in [6.45, 7) is 0. The van der Waals surface area contributed by atoms with E-state index in [0.29, 0.717) is 5.52 Å². The van der Waals surface area contributed by atoms with Crippen molar-refractivity contribution in [2.45, 2.75) is 0 Å². The van der Waals surface area contributed by atoms with Gasteiger partial charge < -0.3 is 10.3 Å². The number of hydrogen-bond donors (Lipinski definition) is 1. The molecule has 8 heteroatoms. The lowest BCUT2D eigenvalue weighted by Gasteiger charge is -2.14. The van der Waals surface area contributed by atoms with Gasteiger partial charge in [0.25, 0.3) is 5.91 Å². The van der Waals surface area contributed by atoms with E-state index in [0.717, 1.165) is 0 Å². The maximum atomic E-state index is 14.6. The van der Waals surface area contributed by atoms with Crippen molar-refractivity contribution in [3.05, 3.63) is 55.7 Å². The van der Waals surface area contributed by atoms with Gasteiger partial charge in [-0.15, -0.1) is 0 Å². The van der Waals surface area contributed by atoms with Crippen LogP contribution >= 0.6 is 23.2 Å². The quantitative estimate of drug-likeness (QED) is 0.536. The highest BCUT2D eigenvalue weighted by molar-refractivity contribution is 6.36. The first-order valence-electron chi connectivity index (χ1n) is 6.34. The van der Waals surface area contributed by atoms with Crippen molar-refractivity contribution in [1.82, 2.24) is 4.57 Å². The zero-order valence-electron chi connectivity index (χ0n) is 11.6. The van der Waals surface area contributed by atoms with Crippen molar-refractivity contribution >= 4 is 50.9 Å². The highest BCUT2D eigenvalue weighted by atomic mass is 35.5. The summed E-state index contributed by atoms with van der Waals surface area (Å²) in [6, 6.07) is 4.43. The van der Waals surface area contributed by atoms with Crippen LogP contribution in [0.2, 0.25) is 10.0 Å². The highest BCUT2D eigenvalue weighted by Crippen LogP contribution is 2.32. The van der Waals surface area contributed by atoms with Crippen molar-refractivity contribution in [3.8, 4) is 0 Å². The molecule has 3 aromatic rings. The number of nitrogens with zero attached hydrogens (tertiary/aromatic N) is 1. The second-order valence-electron chi connectivity index (χ2n) is 4.95. The minimum absolute atomic E-state index is 0.115. The Bertz CT molecular complexity index is 1080. The Hall–Kier alpha value is -2.18. The number of carbonyl (C=O) groups excluding carboxylic acids is 1. The lowest BCUT2D eigenvalue weighted by Crippen LogP contribution is -2.20. The lowest BCUT2D eigenvalue weighted by molar-refractivity contribution is 0.0992. The van der Waals surface area contributed by atoms with Gasteiger partial charge in [-0.1, -0.05) is 23.2 Å². The van der Waals surface area contributed by atoms with Gasteiger partial charge in [-0.25, -0.2) is 8.78 Å². The van der Waals surface area contributed by atoms with Crippen molar-refractivity contribution < 1.29 is 13.6 Å². The molecule has 0 unspecified atom stereocenters. The number of pyridine rings is 1. The Labute approximate surface area is 138 Å². The molecule has 1 amide bonds. The van der Waals surface area contributed by atoms with Crippen LogP contribution in [0.5, 0.6) is 0 Å². The van der Waals surface area contributed by atoms with Crippen LogP contribution in [0.25, 0.3) is 21.8 Å². The molecule has 0 saturated carbocycles. The van der Waals surface area contributed by atoms with Crippen LogP contribution in [0, 0.1) is 11.6 Å². The van der Waals surface area contributed by atoms with Crippen LogP contribution < -0.4 is 11.2 Å². The summed E-state index contributed by atoms with van der Waals surface area (Å²) in [7, 11) is 1.49. The summed E-state index contributed by atoms with van der Waals surface area (Å²) < 4.78 is 30.2. The molecule has 0 saturated heterocycles. The number of rotatable bonds is 1. The zero-order valence-corrected chi connectivity index (χ0v) is 13.1. The number of aromatic nitrogens is 1. The van der Waals surface area contributed by atoms with Gasteiger partial charge in [-0.2, -0.15) is 0 Å². The first kappa shape index (κ1) is 15.7. The molecule has 23 heavy (non-hydrogen) atoms. The van der Waals surface area contributed by atoms with E-state index in [1.165, 1.54) is 29.8 Å². The van der Waals surface area contributed by atoms with Gasteiger partial charge in [-0.05, 0) is 18.2 Å². The Balaban J connectivity index is 2.74. The fraction of sp³-hybridized carbons (Fsp3) is 0.0667.